The summed E-state index contributed by atoms with van der Waals surface area (Å²) < 4.78 is 7.28. The summed E-state index contributed by atoms with van der Waals surface area (Å²) in [6, 6.07) is 15.1. The summed E-state index contributed by atoms with van der Waals surface area (Å²) in [4.78, 5) is 27.4. The number of tetrazole rings is 1. The van der Waals surface area contributed by atoms with Crippen molar-refractivity contribution in [3.05, 3.63) is 59.9 Å². The number of carbonyl (C=O) groups is 2. The third kappa shape index (κ3) is 5.54. The van der Waals surface area contributed by atoms with E-state index in [1.165, 1.54) is 0 Å². The lowest BCUT2D eigenvalue weighted by Gasteiger charge is -2.32. The van der Waals surface area contributed by atoms with E-state index in [9.17, 15) is 9.59 Å². The Labute approximate surface area is 192 Å². The van der Waals surface area contributed by atoms with E-state index in [2.05, 4.69) is 20.8 Å². The minimum atomic E-state index is -0.253. The first-order valence-electron chi connectivity index (χ1n) is 11.1. The summed E-state index contributed by atoms with van der Waals surface area (Å²) in [7, 11) is 0. The number of carbonyl (C=O) groups excluding carboxylic acids is 2. The Balaban J connectivity index is 1.33. The number of piperidine rings is 1. The van der Waals surface area contributed by atoms with E-state index in [1.807, 2.05) is 62.4 Å². The number of hydrogen-bond acceptors (Lipinski definition) is 6. The zero-order valence-electron chi connectivity index (χ0n) is 18.9. The molecule has 0 bridgehead atoms. The molecule has 172 valence electrons. The summed E-state index contributed by atoms with van der Waals surface area (Å²) in [6.07, 6.45) is 1.84. The van der Waals surface area contributed by atoms with Crippen LogP contribution in [0.15, 0.2) is 48.5 Å². The van der Waals surface area contributed by atoms with Gasteiger partial charge in [-0.3, -0.25) is 9.59 Å². The third-order valence-electron chi connectivity index (χ3n) is 5.80. The van der Waals surface area contributed by atoms with Crippen LogP contribution in [-0.2, 0) is 9.59 Å². The molecule has 1 atom stereocenters. The summed E-state index contributed by atoms with van der Waals surface area (Å²) in [5, 5.41) is 14.6. The number of likely N-dealkylation sites (tertiary alicyclic amines) is 1. The van der Waals surface area contributed by atoms with Crippen molar-refractivity contribution < 1.29 is 14.3 Å². The molecule has 9 nitrogen and oxygen atoms in total. The van der Waals surface area contributed by atoms with Crippen LogP contribution in [0.5, 0.6) is 5.75 Å². The van der Waals surface area contributed by atoms with Gasteiger partial charge in [-0.25, -0.2) is 0 Å². The molecule has 1 N–H and O–H groups in total. The molecule has 1 unspecified atom stereocenters. The zero-order chi connectivity index (χ0) is 23.2. The molecule has 2 aromatic carbocycles. The first kappa shape index (κ1) is 22.4. The molecule has 1 fully saturated rings. The van der Waals surface area contributed by atoms with Crippen LogP contribution in [0.3, 0.4) is 0 Å². The van der Waals surface area contributed by atoms with Gasteiger partial charge in [0, 0.05) is 18.8 Å². The number of hydrogen-bond donors (Lipinski definition) is 1. The number of nitrogens with zero attached hydrogens (tertiary/aromatic N) is 5. The molecule has 4 rings (SSSR count). The van der Waals surface area contributed by atoms with E-state index < -0.39 is 0 Å². The highest BCUT2D eigenvalue weighted by Gasteiger charge is 2.28. The Hall–Kier alpha value is -3.75. The van der Waals surface area contributed by atoms with Crippen LogP contribution in [-0.4, -0.2) is 56.6 Å². The van der Waals surface area contributed by atoms with Crippen molar-refractivity contribution in [3.8, 4) is 11.4 Å². The van der Waals surface area contributed by atoms with E-state index in [0.717, 1.165) is 29.8 Å². The highest BCUT2D eigenvalue weighted by atomic mass is 16.5. The molecule has 2 amide bonds. The van der Waals surface area contributed by atoms with E-state index in [1.54, 1.807) is 9.58 Å². The first-order chi connectivity index (χ1) is 16.0. The van der Waals surface area contributed by atoms with Gasteiger partial charge in [0.05, 0.1) is 24.6 Å². The highest BCUT2D eigenvalue weighted by molar-refractivity contribution is 5.93. The topological polar surface area (TPSA) is 102 Å². The van der Waals surface area contributed by atoms with E-state index >= 15 is 0 Å². The number of amides is 2. The van der Waals surface area contributed by atoms with Crippen molar-refractivity contribution >= 4 is 17.5 Å². The standard InChI is InChI=1S/C24H28N6O3/c1-17-10-11-20(15-22(17)30-18(2)26-27-28-30)25-24(32)19-7-6-13-29(16-19)23(31)12-14-33-21-8-4-3-5-9-21/h3-5,8-11,15,19H,6-7,12-14,16H2,1-2H3,(H,25,32). The number of aromatic nitrogens is 4. The fourth-order valence-corrected chi connectivity index (χ4v) is 3.96. The lowest BCUT2D eigenvalue weighted by molar-refractivity contribution is -0.135. The van der Waals surface area contributed by atoms with Crippen LogP contribution in [0, 0.1) is 19.8 Å². The lowest BCUT2D eigenvalue weighted by atomic mass is 9.96. The summed E-state index contributed by atoms with van der Waals surface area (Å²) in [6.45, 7) is 5.19. The van der Waals surface area contributed by atoms with Gasteiger partial charge in [0.25, 0.3) is 0 Å². The second-order valence-electron chi connectivity index (χ2n) is 8.22. The maximum absolute atomic E-state index is 13.0. The molecule has 33 heavy (non-hydrogen) atoms. The Bertz CT molecular complexity index is 1110. The molecule has 2 heterocycles. The monoisotopic (exact) mass is 448 g/mol. The minimum Gasteiger partial charge on any atom is -0.493 e. The van der Waals surface area contributed by atoms with Crippen LogP contribution in [0.4, 0.5) is 5.69 Å². The molecule has 0 spiro atoms. The van der Waals surface area contributed by atoms with Gasteiger partial charge in [-0.15, -0.1) is 5.10 Å². The van der Waals surface area contributed by atoms with Gasteiger partial charge in [-0.05, 0) is 66.9 Å². The second-order valence-corrected chi connectivity index (χ2v) is 8.22. The van der Waals surface area contributed by atoms with Crippen molar-refractivity contribution in [1.82, 2.24) is 25.1 Å². The second kappa shape index (κ2) is 10.2. The molecule has 1 saturated heterocycles. The summed E-state index contributed by atoms with van der Waals surface area (Å²) in [5.74, 6) is 1.08. The average molecular weight is 449 g/mol. The predicted octanol–water partition coefficient (Wildman–Crippen LogP) is 2.93. The molecule has 0 saturated carbocycles. The number of ether oxygens (including phenoxy) is 1. The van der Waals surface area contributed by atoms with Crippen molar-refractivity contribution in [1.29, 1.82) is 0 Å². The molecule has 3 aromatic rings. The molecule has 1 aliphatic rings. The molecular weight excluding hydrogens is 420 g/mol. The SMILES string of the molecule is Cc1ccc(NC(=O)C2CCCN(C(=O)CCOc3ccccc3)C2)cc1-n1nnnc1C. The van der Waals surface area contributed by atoms with Crippen molar-refractivity contribution in [3.63, 3.8) is 0 Å². The van der Waals surface area contributed by atoms with Crippen LogP contribution in [0.25, 0.3) is 5.69 Å². The molecule has 1 aromatic heterocycles. The summed E-state index contributed by atoms with van der Waals surface area (Å²) in [5.41, 5.74) is 2.49. The zero-order valence-corrected chi connectivity index (χ0v) is 18.9. The van der Waals surface area contributed by atoms with Crippen molar-refractivity contribution in [2.45, 2.75) is 33.1 Å². The quantitative estimate of drug-likeness (QED) is 0.596. The molecule has 1 aliphatic heterocycles. The lowest BCUT2D eigenvalue weighted by Crippen LogP contribution is -2.44. The average Bonchev–Trinajstić information content (AvgIpc) is 3.26. The fraction of sp³-hybridized carbons (Fsp3) is 0.375. The molecule has 9 heteroatoms. The van der Waals surface area contributed by atoms with Gasteiger partial charge in [0.1, 0.15) is 5.75 Å². The van der Waals surface area contributed by atoms with E-state index in [4.69, 9.17) is 4.74 Å². The number of benzene rings is 2. The molecule has 0 aliphatic carbocycles. The summed E-state index contributed by atoms with van der Waals surface area (Å²) >= 11 is 0. The maximum atomic E-state index is 13.0. The Kier molecular flexibility index (Phi) is 6.97. The van der Waals surface area contributed by atoms with Crippen LogP contribution in [0.2, 0.25) is 0 Å². The van der Waals surface area contributed by atoms with Crippen molar-refractivity contribution in [2.75, 3.05) is 25.0 Å². The van der Waals surface area contributed by atoms with Gasteiger partial charge in [-0.2, -0.15) is 4.68 Å². The molecular formula is C24H28N6O3. The van der Waals surface area contributed by atoms with E-state index in [-0.39, 0.29) is 24.2 Å². The fourth-order valence-electron chi connectivity index (χ4n) is 3.96. The number of aryl methyl sites for hydroxylation is 2. The smallest absolute Gasteiger partial charge is 0.229 e. The highest BCUT2D eigenvalue weighted by Crippen LogP contribution is 2.23. The molecule has 0 radical (unpaired) electrons. The largest absolute Gasteiger partial charge is 0.493 e. The van der Waals surface area contributed by atoms with Gasteiger partial charge < -0.3 is 15.0 Å². The number of rotatable bonds is 7. The van der Waals surface area contributed by atoms with E-state index in [0.29, 0.717) is 31.2 Å². The number of anilines is 1. The van der Waals surface area contributed by atoms with Gasteiger partial charge in [0.15, 0.2) is 5.82 Å². The first-order valence-corrected chi connectivity index (χ1v) is 11.1. The third-order valence-corrected chi connectivity index (χ3v) is 5.80. The normalized spacial score (nSPS) is 15.8. The maximum Gasteiger partial charge on any atom is 0.229 e. The number of para-hydroxylation sites is 1. The van der Waals surface area contributed by atoms with Gasteiger partial charge >= 0.3 is 0 Å². The van der Waals surface area contributed by atoms with Gasteiger partial charge in [-0.1, -0.05) is 24.3 Å². The van der Waals surface area contributed by atoms with Crippen LogP contribution in [0.1, 0.15) is 30.7 Å². The predicted molar refractivity (Wildman–Crippen MR) is 123 cm³/mol. The van der Waals surface area contributed by atoms with Crippen LogP contribution >= 0.6 is 0 Å². The van der Waals surface area contributed by atoms with Crippen LogP contribution < -0.4 is 10.1 Å². The number of nitrogens with one attached hydrogen (secondary N) is 1. The Morgan fingerprint density at radius 1 is 1.15 bits per heavy atom. The van der Waals surface area contributed by atoms with Gasteiger partial charge in [0.2, 0.25) is 11.8 Å². The minimum absolute atomic E-state index is 0.00945. The van der Waals surface area contributed by atoms with Crippen molar-refractivity contribution in [2.24, 2.45) is 5.92 Å². The Morgan fingerprint density at radius 2 is 1.97 bits per heavy atom. The Morgan fingerprint density at radius 3 is 2.73 bits per heavy atom.